The molecular formula is C7H14IO3P. The van der Waals surface area contributed by atoms with E-state index in [0.29, 0.717) is 6.16 Å². The zero-order chi connectivity index (χ0) is 9.03. The molecule has 12 heavy (non-hydrogen) atoms. The molecule has 0 aromatic heterocycles. The van der Waals surface area contributed by atoms with Gasteiger partial charge in [-0.1, -0.05) is 22.6 Å². The Morgan fingerprint density at radius 3 is 3.00 bits per heavy atom. The molecule has 0 saturated carbocycles. The Kier molecular flexibility index (Phi) is 4.68. The first kappa shape index (κ1) is 11.1. The molecule has 5 heteroatoms. The molecule has 0 spiro atoms. The quantitative estimate of drug-likeness (QED) is 0.443. The Labute approximate surface area is 87.6 Å². The lowest BCUT2D eigenvalue weighted by molar-refractivity contribution is -0.219. The summed E-state index contributed by atoms with van der Waals surface area (Å²) in [5.74, 6) is 0. The van der Waals surface area contributed by atoms with Gasteiger partial charge in [-0.15, -0.1) is 0 Å². The fourth-order valence-corrected chi connectivity index (χ4v) is 3.77. The largest absolute Gasteiger partial charge is 0.631 e. The first-order valence-electron chi connectivity index (χ1n) is 4.09. The smallest absolute Gasteiger partial charge is 0.237 e. The number of hydrogen-bond acceptors (Lipinski definition) is 3. The highest BCUT2D eigenvalue weighted by atomic mass is 127. The topological polar surface area (TPSA) is 41.5 Å². The third-order valence-corrected chi connectivity index (χ3v) is 4.99. The van der Waals surface area contributed by atoms with E-state index < -0.39 is 7.94 Å². The van der Waals surface area contributed by atoms with Gasteiger partial charge in [0.2, 0.25) is 7.94 Å². The molecule has 0 aromatic carbocycles. The molecule has 1 saturated heterocycles. The summed E-state index contributed by atoms with van der Waals surface area (Å²) in [6, 6.07) is 0. The van der Waals surface area contributed by atoms with Crippen LogP contribution in [0.5, 0.6) is 0 Å². The maximum Gasteiger partial charge on any atom is 0.237 e. The summed E-state index contributed by atoms with van der Waals surface area (Å²) in [4.78, 5) is 11.7. The lowest BCUT2D eigenvalue weighted by Gasteiger charge is -2.26. The van der Waals surface area contributed by atoms with Crippen LogP contribution < -0.4 is 4.89 Å². The molecule has 1 heterocycles. The van der Waals surface area contributed by atoms with Gasteiger partial charge in [0.25, 0.3) is 0 Å². The summed E-state index contributed by atoms with van der Waals surface area (Å²) in [6.07, 6.45) is 3.77. The van der Waals surface area contributed by atoms with Crippen LogP contribution in [0, 0.1) is 0 Å². The van der Waals surface area contributed by atoms with Crippen molar-refractivity contribution >= 4 is 30.5 Å². The first-order chi connectivity index (χ1) is 5.70. The van der Waals surface area contributed by atoms with E-state index in [4.69, 9.17) is 9.05 Å². The van der Waals surface area contributed by atoms with E-state index in [1.54, 1.807) is 0 Å². The average molecular weight is 304 g/mol. The molecular weight excluding hydrogens is 290 g/mol. The van der Waals surface area contributed by atoms with Gasteiger partial charge in [-0.2, -0.15) is 0 Å². The molecule has 2 atom stereocenters. The third kappa shape index (κ3) is 3.07. The summed E-state index contributed by atoms with van der Waals surface area (Å²) in [7, 11) is -1.25. The van der Waals surface area contributed by atoms with Gasteiger partial charge in [0, 0.05) is 4.43 Å². The van der Waals surface area contributed by atoms with E-state index in [2.05, 4.69) is 22.6 Å². The highest BCUT2D eigenvalue weighted by Gasteiger charge is 2.34. The predicted molar refractivity (Wildman–Crippen MR) is 56.4 cm³/mol. The minimum absolute atomic E-state index is 0.124. The molecule has 1 rings (SSSR count). The first-order valence-corrected chi connectivity index (χ1v) is 7.35. The normalized spacial score (nSPS) is 37.8. The van der Waals surface area contributed by atoms with Gasteiger partial charge in [-0.05, 0) is 19.3 Å². The highest BCUT2D eigenvalue weighted by molar-refractivity contribution is 14.1. The summed E-state index contributed by atoms with van der Waals surface area (Å²) in [5.41, 5.74) is 0. The minimum Gasteiger partial charge on any atom is -0.631 e. The van der Waals surface area contributed by atoms with Crippen molar-refractivity contribution in [1.82, 2.24) is 0 Å². The van der Waals surface area contributed by atoms with Gasteiger partial charge in [-0.3, -0.25) is 0 Å². The van der Waals surface area contributed by atoms with Crippen molar-refractivity contribution in [2.75, 3.05) is 17.7 Å². The molecule has 2 unspecified atom stereocenters. The van der Waals surface area contributed by atoms with Crippen LogP contribution in [0.25, 0.3) is 0 Å². The molecule has 0 bridgehead atoms. The molecule has 3 nitrogen and oxygen atoms in total. The average Bonchev–Trinajstić information content (AvgIpc) is 2.28. The molecule has 0 amide bonds. The van der Waals surface area contributed by atoms with Crippen LogP contribution in [0.2, 0.25) is 0 Å². The van der Waals surface area contributed by atoms with Crippen LogP contribution in [-0.2, 0) is 9.05 Å². The van der Waals surface area contributed by atoms with Gasteiger partial charge >= 0.3 is 0 Å². The summed E-state index contributed by atoms with van der Waals surface area (Å²) in [6.45, 7) is 0. The van der Waals surface area contributed by atoms with E-state index in [1.165, 1.54) is 7.11 Å². The van der Waals surface area contributed by atoms with Crippen molar-refractivity contribution in [3.05, 3.63) is 0 Å². The lowest BCUT2D eigenvalue weighted by atomic mass is 10.2. The van der Waals surface area contributed by atoms with Crippen molar-refractivity contribution in [3.8, 4) is 0 Å². The van der Waals surface area contributed by atoms with E-state index >= 15 is 0 Å². The fraction of sp³-hybridized carbons (Fsp3) is 1.00. The fourth-order valence-electron chi connectivity index (χ4n) is 1.25. The predicted octanol–water partition coefficient (Wildman–Crippen LogP) is 1.76. The number of alkyl halides is 1. The Morgan fingerprint density at radius 2 is 2.42 bits per heavy atom. The molecule has 1 fully saturated rings. The van der Waals surface area contributed by atoms with Crippen molar-refractivity contribution in [3.63, 3.8) is 0 Å². The van der Waals surface area contributed by atoms with Crippen molar-refractivity contribution in [2.45, 2.75) is 25.4 Å². The van der Waals surface area contributed by atoms with Crippen LogP contribution in [-0.4, -0.2) is 23.8 Å². The monoisotopic (exact) mass is 304 g/mol. The van der Waals surface area contributed by atoms with Gasteiger partial charge in [0.05, 0.1) is 7.11 Å². The second-order valence-corrected chi connectivity index (χ2v) is 6.02. The van der Waals surface area contributed by atoms with Crippen LogP contribution in [0.3, 0.4) is 0 Å². The standard InChI is InChI=1S/C7H14IO3P/c1-10-12(9)5-3-2-4-7(6-8)11-12/h7H,2-6H2,1H3. The lowest BCUT2D eigenvalue weighted by Crippen LogP contribution is -2.22. The zero-order valence-electron chi connectivity index (χ0n) is 7.16. The van der Waals surface area contributed by atoms with Crippen LogP contribution >= 0.6 is 30.5 Å². The van der Waals surface area contributed by atoms with Crippen molar-refractivity contribution in [2.24, 2.45) is 0 Å². The van der Waals surface area contributed by atoms with Gasteiger partial charge < -0.3 is 4.89 Å². The molecule has 0 N–H and O–H groups in total. The summed E-state index contributed by atoms with van der Waals surface area (Å²) >= 11 is 2.26. The van der Waals surface area contributed by atoms with E-state index in [-0.39, 0.29) is 6.10 Å². The molecule has 0 radical (unpaired) electrons. The highest BCUT2D eigenvalue weighted by Crippen LogP contribution is 2.55. The second-order valence-electron chi connectivity index (χ2n) is 2.89. The Bertz CT molecular complexity index is 147. The van der Waals surface area contributed by atoms with E-state index in [1.807, 2.05) is 0 Å². The SMILES string of the molecule is CO[P+]1([O-])CCCCC(CI)O1. The van der Waals surface area contributed by atoms with E-state index in [0.717, 1.165) is 23.7 Å². The number of rotatable bonds is 2. The van der Waals surface area contributed by atoms with Crippen LogP contribution in [0.4, 0.5) is 0 Å². The zero-order valence-corrected chi connectivity index (χ0v) is 10.2. The minimum atomic E-state index is -2.72. The molecule has 1 aliphatic heterocycles. The Balaban J connectivity index is 2.52. The number of hydrogen-bond donors (Lipinski definition) is 0. The Morgan fingerprint density at radius 1 is 1.67 bits per heavy atom. The van der Waals surface area contributed by atoms with Gasteiger partial charge in [-0.25, -0.2) is 9.05 Å². The van der Waals surface area contributed by atoms with Crippen molar-refractivity contribution in [1.29, 1.82) is 0 Å². The molecule has 1 aliphatic rings. The molecule has 72 valence electrons. The maximum absolute atomic E-state index is 11.7. The van der Waals surface area contributed by atoms with Crippen molar-refractivity contribution < 1.29 is 13.9 Å². The molecule has 0 aliphatic carbocycles. The second kappa shape index (κ2) is 5.05. The van der Waals surface area contributed by atoms with Crippen LogP contribution in [0.1, 0.15) is 19.3 Å². The summed E-state index contributed by atoms with van der Waals surface area (Å²) < 4.78 is 11.2. The maximum atomic E-state index is 11.7. The molecule has 0 aromatic rings. The van der Waals surface area contributed by atoms with Gasteiger partial charge in [0.15, 0.2) is 0 Å². The van der Waals surface area contributed by atoms with Gasteiger partial charge in [0.1, 0.15) is 12.3 Å². The van der Waals surface area contributed by atoms with Crippen LogP contribution in [0.15, 0.2) is 0 Å². The summed E-state index contributed by atoms with van der Waals surface area (Å²) in [5, 5.41) is 0. The third-order valence-electron chi connectivity index (χ3n) is 1.97. The Hall–Kier alpha value is 1.04. The van der Waals surface area contributed by atoms with E-state index in [9.17, 15) is 4.89 Å². The number of halogens is 1.